The van der Waals surface area contributed by atoms with Gasteiger partial charge in [0.05, 0.1) is 6.10 Å². The van der Waals surface area contributed by atoms with E-state index in [9.17, 15) is 5.11 Å². The van der Waals surface area contributed by atoms with Crippen molar-refractivity contribution in [2.75, 3.05) is 0 Å². The van der Waals surface area contributed by atoms with Gasteiger partial charge >= 0.3 is 0 Å². The summed E-state index contributed by atoms with van der Waals surface area (Å²) in [5, 5.41) is 10.0. The van der Waals surface area contributed by atoms with Crippen molar-refractivity contribution >= 4 is 0 Å². The molecule has 0 radical (unpaired) electrons. The van der Waals surface area contributed by atoms with Gasteiger partial charge in [0.25, 0.3) is 0 Å². The number of allylic oxidation sites excluding steroid dienone is 4. The third kappa shape index (κ3) is 1.81. The van der Waals surface area contributed by atoms with E-state index in [1.54, 1.807) is 5.57 Å². The Balaban J connectivity index is 1.67. The summed E-state index contributed by atoms with van der Waals surface area (Å²) in [6.45, 7) is 9.06. The summed E-state index contributed by atoms with van der Waals surface area (Å²) in [5.74, 6) is 2.52. The van der Waals surface area contributed by atoms with Crippen LogP contribution in [0.1, 0.15) is 58.8 Å². The molecule has 4 rings (SSSR count). The Morgan fingerprint density at radius 3 is 2.68 bits per heavy atom. The SMILES string of the molecule is C=CC1=CCC2C3CCC4=C[C@@H](O)CC[C@]4(C)C3CC[C@]12C. The summed E-state index contributed by atoms with van der Waals surface area (Å²) in [4.78, 5) is 0. The highest BCUT2D eigenvalue weighted by Crippen LogP contribution is 2.65. The maximum absolute atomic E-state index is 10.0. The first-order valence-corrected chi connectivity index (χ1v) is 9.21. The lowest BCUT2D eigenvalue weighted by Gasteiger charge is -2.58. The van der Waals surface area contributed by atoms with Gasteiger partial charge in [0.2, 0.25) is 0 Å². The summed E-state index contributed by atoms with van der Waals surface area (Å²) < 4.78 is 0. The Morgan fingerprint density at radius 1 is 1.14 bits per heavy atom. The molecule has 0 aromatic carbocycles. The fraction of sp³-hybridized carbons (Fsp3) is 0.714. The Kier molecular flexibility index (Phi) is 3.24. The van der Waals surface area contributed by atoms with Crippen LogP contribution in [0.2, 0.25) is 0 Å². The van der Waals surface area contributed by atoms with Gasteiger partial charge in [-0.15, -0.1) is 0 Å². The Bertz CT molecular complexity index is 556. The molecule has 1 N–H and O–H groups in total. The van der Waals surface area contributed by atoms with Crippen molar-refractivity contribution < 1.29 is 5.11 Å². The molecular formula is C21H30O. The number of aliphatic hydroxyl groups excluding tert-OH is 1. The maximum Gasteiger partial charge on any atom is 0.0724 e. The second kappa shape index (κ2) is 4.84. The highest BCUT2D eigenvalue weighted by Gasteiger charge is 2.56. The monoisotopic (exact) mass is 298 g/mol. The number of aliphatic hydroxyl groups is 1. The van der Waals surface area contributed by atoms with Crippen LogP contribution in [0.3, 0.4) is 0 Å². The lowest BCUT2D eigenvalue weighted by atomic mass is 9.47. The second-order valence-electron chi connectivity index (χ2n) is 8.69. The molecule has 1 nitrogen and oxygen atoms in total. The molecule has 1 heteroatoms. The summed E-state index contributed by atoms with van der Waals surface area (Å²) in [5.41, 5.74) is 3.84. The zero-order valence-electron chi connectivity index (χ0n) is 14.1. The average molecular weight is 298 g/mol. The highest BCUT2D eigenvalue weighted by atomic mass is 16.3. The summed E-state index contributed by atoms with van der Waals surface area (Å²) >= 11 is 0. The third-order valence-corrected chi connectivity index (χ3v) is 7.95. The maximum atomic E-state index is 10.0. The van der Waals surface area contributed by atoms with Crippen LogP contribution >= 0.6 is 0 Å². The van der Waals surface area contributed by atoms with Gasteiger partial charge in [0.1, 0.15) is 0 Å². The van der Waals surface area contributed by atoms with Crippen LogP contribution < -0.4 is 0 Å². The van der Waals surface area contributed by atoms with Crippen LogP contribution in [-0.2, 0) is 0 Å². The Morgan fingerprint density at radius 2 is 1.91 bits per heavy atom. The largest absolute Gasteiger partial charge is 0.389 e. The van der Waals surface area contributed by atoms with Gasteiger partial charge in [0.15, 0.2) is 0 Å². The molecule has 120 valence electrons. The fourth-order valence-corrected chi connectivity index (χ4v) is 6.63. The molecule has 0 spiro atoms. The van der Waals surface area contributed by atoms with Crippen LogP contribution in [0.5, 0.6) is 0 Å². The molecule has 0 aromatic heterocycles. The van der Waals surface area contributed by atoms with Crippen molar-refractivity contribution in [3.8, 4) is 0 Å². The van der Waals surface area contributed by atoms with Gasteiger partial charge in [-0.25, -0.2) is 0 Å². The summed E-state index contributed by atoms with van der Waals surface area (Å²) in [6.07, 6.45) is 15.2. The van der Waals surface area contributed by atoms with Crippen LogP contribution in [-0.4, -0.2) is 11.2 Å². The van der Waals surface area contributed by atoms with Crippen molar-refractivity contribution in [1.29, 1.82) is 0 Å². The standard InChI is InChI=1S/C21H30O/c1-4-14-6-8-18-17-7-5-15-13-16(22)9-11-21(15,3)19(17)10-12-20(14,18)2/h4,6,13,16-19,22H,1,5,7-12H2,2-3H3/t16-,17?,18?,19?,20+,21-/m0/s1. The van der Waals surface area contributed by atoms with Gasteiger partial charge in [-0.2, -0.15) is 0 Å². The quantitative estimate of drug-likeness (QED) is 0.673. The first kappa shape index (κ1) is 14.8. The van der Waals surface area contributed by atoms with E-state index in [1.807, 2.05) is 0 Å². The van der Waals surface area contributed by atoms with E-state index in [0.29, 0.717) is 10.8 Å². The van der Waals surface area contributed by atoms with E-state index in [2.05, 4.69) is 38.7 Å². The predicted molar refractivity (Wildman–Crippen MR) is 91.4 cm³/mol. The van der Waals surface area contributed by atoms with Crippen molar-refractivity contribution in [3.63, 3.8) is 0 Å². The molecule has 0 heterocycles. The molecule has 2 saturated carbocycles. The molecule has 0 bridgehead atoms. The molecule has 6 atom stereocenters. The molecule has 22 heavy (non-hydrogen) atoms. The number of hydrogen-bond acceptors (Lipinski definition) is 1. The molecule has 0 amide bonds. The Labute approximate surface area is 135 Å². The molecule has 4 aliphatic rings. The first-order chi connectivity index (χ1) is 10.5. The molecule has 0 aliphatic heterocycles. The summed E-state index contributed by atoms with van der Waals surface area (Å²) in [6, 6.07) is 0. The van der Waals surface area contributed by atoms with Gasteiger partial charge in [-0.1, -0.05) is 44.2 Å². The van der Waals surface area contributed by atoms with Crippen LogP contribution in [0.25, 0.3) is 0 Å². The van der Waals surface area contributed by atoms with Crippen LogP contribution in [0.15, 0.2) is 36.0 Å². The van der Waals surface area contributed by atoms with E-state index >= 15 is 0 Å². The first-order valence-electron chi connectivity index (χ1n) is 9.21. The van der Waals surface area contributed by atoms with Crippen LogP contribution in [0.4, 0.5) is 0 Å². The fourth-order valence-electron chi connectivity index (χ4n) is 6.63. The van der Waals surface area contributed by atoms with Gasteiger partial charge in [-0.3, -0.25) is 0 Å². The van der Waals surface area contributed by atoms with Crippen molar-refractivity contribution in [2.24, 2.45) is 28.6 Å². The van der Waals surface area contributed by atoms with E-state index in [-0.39, 0.29) is 6.10 Å². The molecule has 0 saturated heterocycles. The van der Waals surface area contributed by atoms with Crippen LogP contribution in [0, 0.1) is 28.6 Å². The lowest BCUT2D eigenvalue weighted by Crippen LogP contribution is -2.50. The highest BCUT2D eigenvalue weighted by molar-refractivity contribution is 5.34. The van der Waals surface area contributed by atoms with E-state index < -0.39 is 0 Å². The minimum atomic E-state index is -0.186. The van der Waals surface area contributed by atoms with Crippen molar-refractivity contribution in [1.82, 2.24) is 0 Å². The molecular weight excluding hydrogens is 268 g/mol. The van der Waals surface area contributed by atoms with Crippen molar-refractivity contribution in [3.05, 3.63) is 36.0 Å². The predicted octanol–water partition coefficient (Wildman–Crippen LogP) is 5.03. The lowest BCUT2D eigenvalue weighted by molar-refractivity contribution is -0.0331. The zero-order valence-corrected chi connectivity index (χ0v) is 14.1. The number of rotatable bonds is 1. The number of hydrogen-bond donors (Lipinski definition) is 1. The second-order valence-corrected chi connectivity index (χ2v) is 8.69. The van der Waals surface area contributed by atoms with Gasteiger partial charge < -0.3 is 5.11 Å². The van der Waals surface area contributed by atoms with E-state index in [0.717, 1.165) is 24.2 Å². The van der Waals surface area contributed by atoms with Crippen molar-refractivity contribution in [2.45, 2.75) is 64.9 Å². The zero-order chi connectivity index (χ0) is 15.5. The van der Waals surface area contributed by atoms with E-state index in [1.165, 1.54) is 44.1 Å². The topological polar surface area (TPSA) is 20.2 Å². The molecule has 4 aliphatic carbocycles. The van der Waals surface area contributed by atoms with Gasteiger partial charge in [0, 0.05) is 0 Å². The Hall–Kier alpha value is -0.820. The molecule has 3 unspecified atom stereocenters. The minimum Gasteiger partial charge on any atom is -0.389 e. The number of fused-ring (bicyclic) bond motifs is 5. The van der Waals surface area contributed by atoms with Gasteiger partial charge in [-0.05, 0) is 79.1 Å². The summed E-state index contributed by atoms with van der Waals surface area (Å²) in [7, 11) is 0. The van der Waals surface area contributed by atoms with E-state index in [4.69, 9.17) is 0 Å². The minimum absolute atomic E-state index is 0.186. The average Bonchev–Trinajstić information content (AvgIpc) is 2.84. The third-order valence-electron chi connectivity index (χ3n) is 7.95. The molecule has 2 fully saturated rings. The normalized spacial score (nSPS) is 50.3. The smallest absolute Gasteiger partial charge is 0.0724 e. The molecule has 0 aromatic rings.